The normalized spacial score (nSPS) is 13.9. The van der Waals surface area contributed by atoms with Crippen molar-refractivity contribution in [2.75, 3.05) is 11.9 Å². The summed E-state index contributed by atoms with van der Waals surface area (Å²) in [6.07, 6.45) is 4.56. The van der Waals surface area contributed by atoms with Crippen molar-refractivity contribution in [3.8, 4) is 0 Å². The van der Waals surface area contributed by atoms with Gasteiger partial charge in [-0.3, -0.25) is 0 Å². The standard InChI is InChI=1S/C23H27N3/c1-2-26-23-20(15-9-10-16-24-23)22(25-26)17-21(18-11-5-3-6-12-18)19-13-7-4-8-14-19/h3-8,11-14,21,24H,2,9-10,15-17H2,1H3. The number of aromatic nitrogens is 2. The second-order valence-electron chi connectivity index (χ2n) is 7.05. The van der Waals surface area contributed by atoms with Gasteiger partial charge in [-0.2, -0.15) is 5.10 Å². The summed E-state index contributed by atoms with van der Waals surface area (Å²) in [7, 11) is 0. The van der Waals surface area contributed by atoms with E-state index >= 15 is 0 Å². The molecular formula is C23H27N3. The summed E-state index contributed by atoms with van der Waals surface area (Å²) in [5, 5.41) is 8.62. The van der Waals surface area contributed by atoms with E-state index in [0.717, 1.165) is 25.9 Å². The molecule has 3 heteroatoms. The number of hydrogen-bond donors (Lipinski definition) is 1. The van der Waals surface area contributed by atoms with E-state index in [1.54, 1.807) is 0 Å². The van der Waals surface area contributed by atoms with Crippen molar-refractivity contribution in [2.45, 2.75) is 45.1 Å². The summed E-state index contributed by atoms with van der Waals surface area (Å²) in [5.41, 5.74) is 5.41. The molecule has 0 aliphatic carbocycles. The van der Waals surface area contributed by atoms with Crippen LogP contribution in [0.1, 0.15) is 48.1 Å². The van der Waals surface area contributed by atoms with E-state index in [9.17, 15) is 0 Å². The van der Waals surface area contributed by atoms with Crippen molar-refractivity contribution in [2.24, 2.45) is 0 Å². The number of rotatable bonds is 5. The molecule has 1 aliphatic rings. The minimum atomic E-state index is 0.338. The lowest BCUT2D eigenvalue weighted by molar-refractivity contribution is 0.639. The molecule has 134 valence electrons. The third kappa shape index (κ3) is 3.39. The van der Waals surface area contributed by atoms with Crippen LogP contribution in [-0.4, -0.2) is 16.3 Å². The van der Waals surface area contributed by atoms with Crippen molar-refractivity contribution in [3.05, 3.63) is 83.0 Å². The highest BCUT2D eigenvalue weighted by Gasteiger charge is 2.23. The molecule has 0 saturated carbocycles. The highest BCUT2D eigenvalue weighted by Crippen LogP contribution is 2.32. The molecule has 0 amide bonds. The lowest BCUT2D eigenvalue weighted by atomic mass is 9.86. The number of benzene rings is 2. The van der Waals surface area contributed by atoms with Crippen molar-refractivity contribution < 1.29 is 0 Å². The smallest absolute Gasteiger partial charge is 0.127 e. The fraction of sp³-hybridized carbons (Fsp3) is 0.348. The van der Waals surface area contributed by atoms with Crippen molar-refractivity contribution >= 4 is 5.82 Å². The number of aryl methyl sites for hydroxylation is 1. The molecule has 0 atom stereocenters. The number of nitrogens with one attached hydrogen (secondary N) is 1. The van der Waals surface area contributed by atoms with Gasteiger partial charge in [-0.25, -0.2) is 4.68 Å². The monoisotopic (exact) mass is 345 g/mol. The van der Waals surface area contributed by atoms with Crippen LogP contribution in [0.25, 0.3) is 0 Å². The molecular weight excluding hydrogens is 318 g/mol. The fourth-order valence-electron chi connectivity index (χ4n) is 4.03. The van der Waals surface area contributed by atoms with E-state index in [1.165, 1.54) is 41.0 Å². The third-order valence-corrected chi connectivity index (χ3v) is 5.38. The van der Waals surface area contributed by atoms with E-state index in [-0.39, 0.29) is 0 Å². The first-order valence-electron chi connectivity index (χ1n) is 9.79. The van der Waals surface area contributed by atoms with Crippen molar-refractivity contribution in [1.29, 1.82) is 0 Å². The maximum atomic E-state index is 5.00. The third-order valence-electron chi connectivity index (χ3n) is 5.38. The zero-order chi connectivity index (χ0) is 17.8. The first-order valence-corrected chi connectivity index (χ1v) is 9.79. The van der Waals surface area contributed by atoms with E-state index in [0.29, 0.717) is 5.92 Å². The molecule has 0 bridgehead atoms. The molecule has 0 unspecified atom stereocenters. The lowest BCUT2D eigenvalue weighted by Gasteiger charge is -2.18. The Balaban J connectivity index is 1.74. The molecule has 3 aromatic rings. The van der Waals surface area contributed by atoms with Gasteiger partial charge in [-0.15, -0.1) is 0 Å². The van der Waals surface area contributed by atoms with Crippen LogP contribution in [-0.2, 0) is 19.4 Å². The summed E-state index contributed by atoms with van der Waals surface area (Å²) < 4.78 is 2.16. The van der Waals surface area contributed by atoms with Crippen LogP contribution >= 0.6 is 0 Å². The van der Waals surface area contributed by atoms with Gasteiger partial charge in [0, 0.05) is 31.0 Å². The average molecular weight is 345 g/mol. The Hall–Kier alpha value is -2.55. The van der Waals surface area contributed by atoms with Crippen LogP contribution in [0.15, 0.2) is 60.7 Å². The topological polar surface area (TPSA) is 29.9 Å². The predicted octanol–water partition coefficient (Wildman–Crippen LogP) is 5.03. The molecule has 0 fully saturated rings. The quantitative estimate of drug-likeness (QED) is 0.703. The van der Waals surface area contributed by atoms with Gasteiger partial charge in [0.05, 0.1) is 5.69 Å². The van der Waals surface area contributed by atoms with Gasteiger partial charge in [0.1, 0.15) is 5.82 Å². The van der Waals surface area contributed by atoms with Crippen LogP contribution in [0.5, 0.6) is 0 Å². The lowest BCUT2D eigenvalue weighted by Crippen LogP contribution is -2.08. The maximum Gasteiger partial charge on any atom is 0.127 e. The van der Waals surface area contributed by atoms with Crippen LogP contribution in [0.2, 0.25) is 0 Å². The zero-order valence-electron chi connectivity index (χ0n) is 15.5. The summed E-state index contributed by atoms with van der Waals surface area (Å²) >= 11 is 0. The molecule has 4 rings (SSSR count). The Morgan fingerprint density at radius 2 is 1.62 bits per heavy atom. The van der Waals surface area contributed by atoms with E-state index in [1.807, 2.05) is 0 Å². The Labute approximate surface area is 156 Å². The van der Waals surface area contributed by atoms with Gasteiger partial charge in [-0.1, -0.05) is 60.7 Å². The first kappa shape index (κ1) is 16.9. The zero-order valence-corrected chi connectivity index (χ0v) is 15.5. The molecule has 3 nitrogen and oxygen atoms in total. The molecule has 1 aromatic heterocycles. The van der Waals surface area contributed by atoms with Gasteiger partial charge in [-0.05, 0) is 37.3 Å². The molecule has 0 saturated heterocycles. The first-order chi connectivity index (χ1) is 12.9. The Bertz CT molecular complexity index is 797. The highest BCUT2D eigenvalue weighted by molar-refractivity contribution is 5.50. The Morgan fingerprint density at radius 3 is 2.23 bits per heavy atom. The highest BCUT2D eigenvalue weighted by atomic mass is 15.3. The minimum absolute atomic E-state index is 0.338. The van der Waals surface area contributed by atoms with Crippen LogP contribution < -0.4 is 5.32 Å². The molecule has 26 heavy (non-hydrogen) atoms. The second kappa shape index (κ2) is 7.77. The number of fused-ring (bicyclic) bond motifs is 1. The van der Waals surface area contributed by atoms with Crippen LogP contribution in [0.4, 0.5) is 5.82 Å². The van der Waals surface area contributed by atoms with E-state index < -0.39 is 0 Å². The van der Waals surface area contributed by atoms with E-state index in [4.69, 9.17) is 5.10 Å². The SMILES string of the molecule is CCn1nc(CC(c2ccccc2)c2ccccc2)c2c1NCCCC2. The molecule has 2 heterocycles. The van der Waals surface area contributed by atoms with Gasteiger partial charge < -0.3 is 5.32 Å². The predicted molar refractivity (Wildman–Crippen MR) is 108 cm³/mol. The average Bonchev–Trinajstić information content (AvgIpc) is 2.86. The van der Waals surface area contributed by atoms with Crippen molar-refractivity contribution in [3.63, 3.8) is 0 Å². The largest absolute Gasteiger partial charge is 0.370 e. The second-order valence-corrected chi connectivity index (χ2v) is 7.05. The molecule has 1 aliphatic heterocycles. The van der Waals surface area contributed by atoms with Gasteiger partial charge in [0.25, 0.3) is 0 Å². The fourth-order valence-corrected chi connectivity index (χ4v) is 4.03. The molecule has 0 radical (unpaired) electrons. The molecule has 1 N–H and O–H groups in total. The summed E-state index contributed by atoms with van der Waals surface area (Å²) in [6, 6.07) is 21.7. The summed E-state index contributed by atoms with van der Waals surface area (Å²) in [4.78, 5) is 0. The van der Waals surface area contributed by atoms with Crippen LogP contribution in [0, 0.1) is 0 Å². The Kier molecular flexibility index (Phi) is 5.05. The number of anilines is 1. The van der Waals surface area contributed by atoms with Crippen molar-refractivity contribution in [1.82, 2.24) is 9.78 Å². The Morgan fingerprint density at radius 1 is 0.962 bits per heavy atom. The van der Waals surface area contributed by atoms with Gasteiger partial charge >= 0.3 is 0 Å². The number of hydrogen-bond acceptors (Lipinski definition) is 2. The molecule has 2 aromatic carbocycles. The molecule has 0 spiro atoms. The maximum absolute atomic E-state index is 5.00. The summed E-state index contributed by atoms with van der Waals surface area (Å²) in [5.74, 6) is 1.59. The van der Waals surface area contributed by atoms with Gasteiger partial charge in [0.2, 0.25) is 0 Å². The number of nitrogens with zero attached hydrogens (tertiary/aromatic N) is 2. The minimum Gasteiger partial charge on any atom is -0.370 e. The van der Waals surface area contributed by atoms with E-state index in [2.05, 4.69) is 77.6 Å². The summed E-state index contributed by atoms with van der Waals surface area (Å²) in [6.45, 7) is 4.14. The van der Waals surface area contributed by atoms with Gasteiger partial charge in [0.15, 0.2) is 0 Å². The van der Waals surface area contributed by atoms with Crippen LogP contribution in [0.3, 0.4) is 0 Å².